The second kappa shape index (κ2) is 12.3. The van der Waals surface area contributed by atoms with Gasteiger partial charge in [0.05, 0.1) is 40.3 Å². The van der Waals surface area contributed by atoms with Gasteiger partial charge in [-0.05, 0) is 82.7 Å². The van der Waals surface area contributed by atoms with Crippen molar-refractivity contribution in [2.24, 2.45) is 23.7 Å². The Labute approximate surface area is 260 Å². The fraction of sp³-hybridized carbons (Fsp3) is 0.615. The number of anilines is 2. The van der Waals surface area contributed by atoms with E-state index in [0.717, 1.165) is 57.8 Å². The number of rotatable bonds is 6. The molecule has 2 aliphatic heterocycles. The molecule has 2 saturated carbocycles. The number of piperidine rings is 2. The van der Waals surface area contributed by atoms with Gasteiger partial charge in [-0.25, -0.2) is 0 Å². The molecule has 4 aliphatic rings. The molecular weight excluding hydrogens is 746 g/mol. The molecule has 4 heterocycles. The fourth-order valence-corrected chi connectivity index (χ4v) is 7.57. The molecule has 6 rings (SSSR count). The van der Waals surface area contributed by atoms with Crippen LogP contribution >= 0.6 is 45.2 Å². The number of aromatic nitrogens is 4. The van der Waals surface area contributed by atoms with Crippen molar-refractivity contribution in [3.8, 4) is 12.0 Å². The number of carbonyl (C=O) groups excluding carboxylic acids is 2. The molecule has 12 nitrogen and oxygen atoms in total. The van der Waals surface area contributed by atoms with Gasteiger partial charge < -0.3 is 28.7 Å². The van der Waals surface area contributed by atoms with E-state index in [2.05, 4.69) is 74.9 Å². The van der Waals surface area contributed by atoms with Crippen LogP contribution in [0.1, 0.15) is 25.7 Å². The Bertz CT molecular complexity index is 1170. The highest BCUT2D eigenvalue weighted by atomic mass is 127. The van der Waals surface area contributed by atoms with Gasteiger partial charge in [-0.3, -0.25) is 9.59 Å². The number of ether oxygens (including phenoxy) is 4. The van der Waals surface area contributed by atoms with Crippen molar-refractivity contribution in [2.75, 3.05) is 51.3 Å². The van der Waals surface area contributed by atoms with Crippen LogP contribution in [-0.2, 0) is 19.1 Å². The molecule has 0 aromatic carbocycles. The van der Waals surface area contributed by atoms with Crippen LogP contribution in [0.3, 0.4) is 0 Å². The molecule has 216 valence electrons. The van der Waals surface area contributed by atoms with E-state index < -0.39 is 0 Å². The van der Waals surface area contributed by atoms with Gasteiger partial charge in [0.1, 0.15) is 19.0 Å². The highest BCUT2D eigenvalue weighted by Crippen LogP contribution is 2.45. The third kappa shape index (κ3) is 5.87. The highest BCUT2D eigenvalue weighted by molar-refractivity contribution is 14.1. The zero-order chi connectivity index (χ0) is 28.6. The molecule has 14 heteroatoms. The number of carbonyl (C=O) groups is 2. The van der Waals surface area contributed by atoms with Crippen LogP contribution < -0.4 is 19.3 Å². The van der Waals surface area contributed by atoms with E-state index in [1.54, 1.807) is 14.2 Å². The smallest absolute Gasteiger partial charge is 0.319 e. The number of hydrogen-bond acceptors (Lipinski definition) is 12. The molecule has 2 aliphatic carbocycles. The molecule has 2 aromatic heterocycles. The Morgan fingerprint density at radius 1 is 0.700 bits per heavy atom. The maximum Gasteiger partial charge on any atom is 0.319 e. The average Bonchev–Trinajstić information content (AvgIpc) is 3.76. The lowest BCUT2D eigenvalue weighted by atomic mass is 9.95. The minimum Gasteiger partial charge on any atom is -0.469 e. The van der Waals surface area contributed by atoms with E-state index >= 15 is 0 Å². The zero-order valence-corrected chi connectivity index (χ0v) is 27.1. The van der Waals surface area contributed by atoms with Crippen molar-refractivity contribution in [1.29, 1.82) is 0 Å². The topological polar surface area (TPSA) is 129 Å². The first-order valence-corrected chi connectivity index (χ1v) is 15.3. The molecular formula is C26H32I2N6O6. The van der Waals surface area contributed by atoms with Crippen molar-refractivity contribution in [2.45, 2.75) is 37.8 Å². The Hall–Kier alpha value is -2.24. The van der Waals surface area contributed by atoms with E-state index in [-0.39, 0.29) is 23.8 Å². The van der Waals surface area contributed by atoms with Crippen LogP contribution in [0, 0.1) is 31.1 Å². The zero-order valence-electron chi connectivity index (χ0n) is 22.8. The monoisotopic (exact) mass is 778 g/mol. The summed E-state index contributed by atoms with van der Waals surface area (Å²) in [5, 5.41) is 0. The first-order valence-electron chi connectivity index (χ1n) is 13.1. The van der Waals surface area contributed by atoms with Crippen molar-refractivity contribution >= 4 is 68.8 Å². The third-order valence-corrected chi connectivity index (χ3v) is 9.47. The number of hydrogen-bond donors (Lipinski definition) is 0. The molecule has 6 atom stereocenters. The number of methoxy groups -OCH3 is 4. The summed E-state index contributed by atoms with van der Waals surface area (Å²) in [6.07, 6.45) is 3.76. The summed E-state index contributed by atoms with van der Waals surface area (Å²) < 4.78 is 21.7. The predicted molar refractivity (Wildman–Crippen MR) is 161 cm³/mol. The summed E-state index contributed by atoms with van der Waals surface area (Å²) in [4.78, 5) is 45.2. The summed E-state index contributed by atoms with van der Waals surface area (Å²) in [5.74, 6) is 2.44. The number of halogens is 2. The Morgan fingerprint density at radius 2 is 1.10 bits per heavy atom. The molecule has 0 spiro atoms. The lowest BCUT2D eigenvalue weighted by molar-refractivity contribution is -0.147. The van der Waals surface area contributed by atoms with Gasteiger partial charge in [0.2, 0.25) is 0 Å². The second-order valence-corrected chi connectivity index (χ2v) is 12.6. The molecule has 0 amide bonds. The number of nitrogens with zero attached hydrogens (tertiary/aromatic N) is 6. The molecule has 4 fully saturated rings. The SMILES string of the molecule is COC(=O)C1CC2CC1CN2c1cc(I)nc(OC)n1.COC(=O)C1CC2CC1CN2c1cc(I)nc(OC)n1. The molecule has 40 heavy (non-hydrogen) atoms. The van der Waals surface area contributed by atoms with Crippen molar-refractivity contribution < 1.29 is 28.5 Å². The first kappa shape index (κ1) is 29.3. The van der Waals surface area contributed by atoms with Crippen LogP contribution in [0.15, 0.2) is 12.1 Å². The molecule has 0 N–H and O–H groups in total. The third-order valence-electron chi connectivity index (χ3n) is 8.37. The minimum atomic E-state index is -0.0769. The first-order chi connectivity index (χ1) is 19.2. The van der Waals surface area contributed by atoms with Gasteiger partial charge in [0.25, 0.3) is 0 Å². The molecule has 2 saturated heterocycles. The summed E-state index contributed by atoms with van der Waals surface area (Å²) >= 11 is 4.32. The molecule has 2 aromatic rings. The standard InChI is InChI=1S/2C13H16IN3O3/c2*1-19-12(18)9-4-8-3-7(9)6-17(8)11-5-10(14)15-13(16-11)20-2/h2*5,7-9H,3-4,6H2,1-2H3. The normalized spacial score (nSPS) is 27.8. The van der Waals surface area contributed by atoms with Gasteiger partial charge in [-0.15, -0.1) is 0 Å². The average molecular weight is 778 g/mol. The predicted octanol–water partition coefficient (Wildman–Crippen LogP) is 2.96. The Balaban J connectivity index is 0.000000161. The number of esters is 2. The Morgan fingerprint density at radius 3 is 1.40 bits per heavy atom. The minimum absolute atomic E-state index is 0.0454. The Kier molecular flexibility index (Phi) is 9.01. The summed E-state index contributed by atoms with van der Waals surface area (Å²) in [7, 11) is 6.06. The molecule has 0 radical (unpaired) electrons. The highest BCUT2D eigenvalue weighted by Gasteiger charge is 2.49. The van der Waals surface area contributed by atoms with Crippen molar-refractivity contribution in [3.05, 3.63) is 19.5 Å². The lowest BCUT2D eigenvalue weighted by Gasteiger charge is -2.31. The molecule has 4 bridgehead atoms. The maximum atomic E-state index is 11.7. The van der Waals surface area contributed by atoms with E-state index in [9.17, 15) is 9.59 Å². The molecule has 6 unspecified atom stereocenters. The summed E-state index contributed by atoms with van der Waals surface area (Å²) in [6, 6.07) is 5.41. The van der Waals surface area contributed by atoms with Gasteiger partial charge in [0.15, 0.2) is 0 Å². The van der Waals surface area contributed by atoms with Gasteiger partial charge in [0, 0.05) is 37.3 Å². The van der Waals surface area contributed by atoms with Crippen molar-refractivity contribution in [3.63, 3.8) is 0 Å². The summed E-state index contributed by atoms with van der Waals surface area (Å²) in [6.45, 7) is 1.70. The van der Waals surface area contributed by atoms with E-state index in [1.165, 1.54) is 14.2 Å². The van der Waals surface area contributed by atoms with E-state index in [1.807, 2.05) is 12.1 Å². The largest absolute Gasteiger partial charge is 0.469 e. The van der Waals surface area contributed by atoms with Crippen LogP contribution in [0.25, 0.3) is 0 Å². The quantitative estimate of drug-likeness (QED) is 0.243. The van der Waals surface area contributed by atoms with Crippen LogP contribution in [0.5, 0.6) is 12.0 Å². The number of fused-ring (bicyclic) bond motifs is 4. The second-order valence-electron chi connectivity index (χ2n) is 10.4. The van der Waals surface area contributed by atoms with Gasteiger partial charge in [-0.2, -0.15) is 19.9 Å². The van der Waals surface area contributed by atoms with Gasteiger partial charge >= 0.3 is 24.0 Å². The van der Waals surface area contributed by atoms with Crippen LogP contribution in [0.2, 0.25) is 0 Å². The maximum absolute atomic E-state index is 11.7. The van der Waals surface area contributed by atoms with E-state index in [4.69, 9.17) is 18.9 Å². The lowest BCUT2D eigenvalue weighted by Crippen LogP contribution is -2.38. The van der Waals surface area contributed by atoms with Crippen LogP contribution in [-0.4, -0.2) is 85.5 Å². The van der Waals surface area contributed by atoms with Crippen molar-refractivity contribution in [1.82, 2.24) is 19.9 Å². The fourth-order valence-electron chi connectivity index (χ4n) is 6.60. The van der Waals surface area contributed by atoms with Gasteiger partial charge in [-0.1, -0.05) is 0 Å². The van der Waals surface area contributed by atoms with E-state index in [0.29, 0.717) is 35.9 Å². The summed E-state index contributed by atoms with van der Waals surface area (Å²) in [5.41, 5.74) is 0. The van der Waals surface area contributed by atoms with Crippen LogP contribution in [0.4, 0.5) is 11.6 Å².